The molecule has 0 spiro atoms. The molecule has 0 aliphatic carbocycles. The van der Waals surface area contributed by atoms with Crippen molar-refractivity contribution in [3.63, 3.8) is 0 Å². The Morgan fingerprint density at radius 1 is 1.32 bits per heavy atom. The van der Waals surface area contributed by atoms with E-state index in [1.54, 1.807) is 11.3 Å². The SMILES string of the molecule is Cc1ccc(CNc2cc(N)nc(C(F)(F)F)n2)s1. The minimum atomic E-state index is -4.61. The fraction of sp³-hybridized carbons (Fsp3) is 0.273. The van der Waals surface area contributed by atoms with Gasteiger partial charge in [-0.15, -0.1) is 11.3 Å². The maximum absolute atomic E-state index is 12.5. The number of anilines is 2. The largest absolute Gasteiger partial charge is 0.451 e. The highest BCUT2D eigenvalue weighted by atomic mass is 32.1. The van der Waals surface area contributed by atoms with E-state index >= 15 is 0 Å². The van der Waals surface area contributed by atoms with Gasteiger partial charge >= 0.3 is 6.18 Å². The lowest BCUT2D eigenvalue weighted by Gasteiger charge is -2.09. The molecule has 8 heteroatoms. The number of aryl methyl sites for hydroxylation is 1. The van der Waals surface area contributed by atoms with Gasteiger partial charge in [0.15, 0.2) is 0 Å². The molecule has 2 aromatic heterocycles. The van der Waals surface area contributed by atoms with Crippen LogP contribution in [0, 0.1) is 6.92 Å². The molecular formula is C11H11F3N4S. The fourth-order valence-electron chi connectivity index (χ4n) is 1.44. The number of alkyl halides is 3. The average molecular weight is 288 g/mol. The molecule has 0 radical (unpaired) electrons. The molecule has 0 fully saturated rings. The van der Waals surface area contributed by atoms with Crippen LogP contribution < -0.4 is 11.1 Å². The van der Waals surface area contributed by atoms with Crippen LogP contribution in [0.1, 0.15) is 15.6 Å². The monoisotopic (exact) mass is 288 g/mol. The molecule has 0 aliphatic heterocycles. The highest BCUT2D eigenvalue weighted by molar-refractivity contribution is 7.11. The van der Waals surface area contributed by atoms with Gasteiger partial charge in [0, 0.05) is 15.8 Å². The first-order valence-corrected chi connectivity index (χ1v) is 6.17. The van der Waals surface area contributed by atoms with Crippen molar-refractivity contribution in [3.05, 3.63) is 33.8 Å². The molecule has 0 amide bonds. The average Bonchev–Trinajstić information content (AvgIpc) is 2.71. The molecule has 0 atom stereocenters. The Hall–Kier alpha value is -1.83. The van der Waals surface area contributed by atoms with Crippen molar-refractivity contribution in [1.29, 1.82) is 0 Å². The van der Waals surface area contributed by atoms with Gasteiger partial charge in [0.2, 0.25) is 5.82 Å². The number of nitrogens with zero attached hydrogens (tertiary/aromatic N) is 2. The van der Waals surface area contributed by atoms with E-state index in [4.69, 9.17) is 5.73 Å². The van der Waals surface area contributed by atoms with Crippen LogP contribution in [0.4, 0.5) is 24.8 Å². The van der Waals surface area contributed by atoms with Crippen LogP contribution in [0.25, 0.3) is 0 Å². The summed E-state index contributed by atoms with van der Waals surface area (Å²) in [5.74, 6) is -1.39. The second-order valence-electron chi connectivity index (χ2n) is 3.87. The summed E-state index contributed by atoms with van der Waals surface area (Å²) in [5, 5.41) is 2.81. The molecule has 102 valence electrons. The summed E-state index contributed by atoms with van der Waals surface area (Å²) >= 11 is 1.56. The van der Waals surface area contributed by atoms with E-state index in [1.165, 1.54) is 6.07 Å². The third-order valence-corrected chi connectivity index (χ3v) is 3.24. The van der Waals surface area contributed by atoms with Crippen LogP contribution in [-0.4, -0.2) is 9.97 Å². The lowest BCUT2D eigenvalue weighted by molar-refractivity contribution is -0.144. The molecule has 0 aliphatic rings. The number of nitrogens with one attached hydrogen (secondary N) is 1. The molecule has 0 aromatic carbocycles. The Labute approximate surface area is 111 Å². The quantitative estimate of drug-likeness (QED) is 0.911. The van der Waals surface area contributed by atoms with Crippen molar-refractivity contribution in [2.45, 2.75) is 19.6 Å². The highest BCUT2D eigenvalue weighted by Gasteiger charge is 2.35. The Bertz CT molecular complexity index is 580. The van der Waals surface area contributed by atoms with Crippen LogP contribution in [0.2, 0.25) is 0 Å². The van der Waals surface area contributed by atoms with Gasteiger partial charge in [0.25, 0.3) is 0 Å². The highest BCUT2D eigenvalue weighted by Crippen LogP contribution is 2.28. The molecule has 2 aromatic rings. The topological polar surface area (TPSA) is 63.8 Å². The lowest BCUT2D eigenvalue weighted by Crippen LogP contribution is -2.14. The molecule has 2 rings (SSSR count). The van der Waals surface area contributed by atoms with Crippen LogP contribution in [-0.2, 0) is 12.7 Å². The fourth-order valence-corrected chi connectivity index (χ4v) is 2.27. The number of hydrogen-bond acceptors (Lipinski definition) is 5. The number of nitrogens with two attached hydrogens (primary N) is 1. The summed E-state index contributed by atoms with van der Waals surface area (Å²) in [6.07, 6.45) is -4.61. The zero-order valence-electron chi connectivity index (χ0n) is 9.95. The van der Waals surface area contributed by atoms with Crippen molar-refractivity contribution >= 4 is 23.0 Å². The zero-order valence-corrected chi connectivity index (χ0v) is 10.8. The maximum Gasteiger partial charge on any atom is 0.451 e. The molecule has 2 heterocycles. The number of halogens is 3. The molecule has 19 heavy (non-hydrogen) atoms. The third-order valence-electron chi connectivity index (χ3n) is 2.24. The zero-order chi connectivity index (χ0) is 14.0. The van der Waals surface area contributed by atoms with Crippen molar-refractivity contribution in [2.24, 2.45) is 0 Å². The summed E-state index contributed by atoms with van der Waals surface area (Å²) in [6.45, 7) is 2.35. The molecule has 3 N–H and O–H groups in total. The second kappa shape index (κ2) is 5.04. The van der Waals surface area contributed by atoms with Crippen LogP contribution in [0.3, 0.4) is 0 Å². The molecule has 0 saturated carbocycles. The van der Waals surface area contributed by atoms with Gasteiger partial charge in [-0.3, -0.25) is 0 Å². The standard InChI is InChI=1S/C11H11F3N4S/c1-6-2-3-7(19-6)5-16-9-4-8(15)17-10(18-9)11(12,13)14/h2-4H,5H2,1H3,(H3,15,16,17,18). The van der Waals surface area contributed by atoms with E-state index in [9.17, 15) is 13.2 Å². The van der Waals surface area contributed by atoms with Crippen LogP contribution in [0.15, 0.2) is 18.2 Å². The summed E-state index contributed by atoms with van der Waals surface area (Å²) in [5.41, 5.74) is 5.34. The summed E-state index contributed by atoms with van der Waals surface area (Å²) in [4.78, 5) is 8.71. The van der Waals surface area contributed by atoms with E-state index in [1.807, 2.05) is 19.1 Å². The Morgan fingerprint density at radius 3 is 2.63 bits per heavy atom. The summed E-state index contributed by atoms with van der Waals surface area (Å²) in [7, 11) is 0. The summed E-state index contributed by atoms with van der Waals surface area (Å²) in [6, 6.07) is 5.12. The minimum Gasteiger partial charge on any atom is -0.384 e. The van der Waals surface area contributed by atoms with E-state index in [0.29, 0.717) is 6.54 Å². The molecule has 0 bridgehead atoms. The molecular weight excluding hydrogens is 277 g/mol. The van der Waals surface area contributed by atoms with Crippen LogP contribution in [0.5, 0.6) is 0 Å². The number of aromatic nitrogens is 2. The second-order valence-corrected chi connectivity index (χ2v) is 5.24. The minimum absolute atomic E-state index is 0.0610. The number of hydrogen-bond donors (Lipinski definition) is 2. The van der Waals surface area contributed by atoms with Crippen molar-refractivity contribution in [1.82, 2.24) is 9.97 Å². The van der Waals surface area contributed by atoms with Gasteiger partial charge in [0.1, 0.15) is 11.6 Å². The Kier molecular flexibility index (Phi) is 3.61. The predicted molar refractivity (Wildman–Crippen MR) is 67.8 cm³/mol. The van der Waals surface area contributed by atoms with Crippen LogP contribution >= 0.6 is 11.3 Å². The maximum atomic E-state index is 12.5. The number of nitrogen functional groups attached to an aromatic ring is 1. The first-order valence-electron chi connectivity index (χ1n) is 5.35. The van der Waals surface area contributed by atoms with E-state index in [-0.39, 0.29) is 11.6 Å². The lowest BCUT2D eigenvalue weighted by atomic mass is 10.4. The smallest absolute Gasteiger partial charge is 0.384 e. The first-order chi connectivity index (χ1) is 8.84. The first kappa shape index (κ1) is 13.6. The van der Waals surface area contributed by atoms with Gasteiger partial charge < -0.3 is 11.1 Å². The van der Waals surface area contributed by atoms with Crippen molar-refractivity contribution in [2.75, 3.05) is 11.1 Å². The molecule has 0 unspecified atom stereocenters. The van der Waals surface area contributed by atoms with Crippen molar-refractivity contribution in [3.8, 4) is 0 Å². The molecule has 0 saturated heterocycles. The predicted octanol–water partition coefficient (Wildman–Crippen LogP) is 3.06. The Balaban J connectivity index is 2.14. The Morgan fingerprint density at radius 2 is 2.05 bits per heavy atom. The van der Waals surface area contributed by atoms with Gasteiger partial charge in [-0.1, -0.05) is 0 Å². The number of rotatable bonds is 3. The van der Waals surface area contributed by atoms with Gasteiger partial charge in [0.05, 0.1) is 6.54 Å². The third kappa shape index (κ3) is 3.57. The normalized spacial score (nSPS) is 11.6. The molecule has 4 nitrogen and oxygen atoms in total. The van der Waals surface area contributed by atoms with Gasteiger partial charge in [-0.2, -0.15) is 13.2 Å². The van der Waals surface area contributed by atoms with Gasteiger partial charge in [-0.05, 0) is 19.1 Å². The van der Waals surface area contributed by atoms with E-state index in [2.05, 4.69) is 15.3 Å². The van der Waals surface area contributed by atoms with Crippen molar-refractivity contribution < 1.29 is 13.2 Å². The van der Waals surface area contributed by atoms with E-state index in [0.717, 1.165) is 9.75 Å². The van der Waals surface area contributed by atoms with Gasteiger partial charge in [-0.25, -0.2) is 9.97 Å². The summed E-state index contributed by atoms with van der Waals surface area (Å²) < 4.78 is 37.5. The van der Waals surface area contributed by atoms with E-state index < -0.39 is 12.0 Å². The number of thiophene rings is 1.